The molecule has 42 heteroatoms. The number of carbonyl (C=O) groups is 4. The standard InChI is InChI=1S/C25H21ClF2N4O2S.C25H22F4N6O2.C24H23F2N7O2.C24H26F2N4O2S/c26-19-6-5-18(35-19)22-21(28)17(8-14-11-1-3-12(4-2-11)20(14)25(33)34)31-24(32-22)16-10-30-23-15(16)7-13(27)9-29-23;26-13-7-15-16(10-31-22(15)30-9-13)23-32-18(8-14-11-1-3-12(4-2-11)19(14)24(36)37)20(27)21(33-23)17-5-6-35(34-17)25(28)29;1-33-10-13(8-28-33)20-19(26)17(7-15-11-2-4-12(5-3-11)18(15)24(34)35)29-23(30-20)21-16-6-14(25)9-27-22(16)32-31-21;1-11(2)33-23-20(26)18(8-15-12-3-5-13(6-4-12)19(15)24(31)32)29-22(30-23)17-10-28-21-16(17)7-14(25)9-27-21/h5-7,9-12,14,20H,1-4,8H2,(H,29,30)(H,33,34);5-7,9-12,14,19,25H,1-4,8H2,(H,30,31)(H,36,37);6,8-12,15,18H,2-5,7H2,1H3,(H,34,35)(H,27,31,32);7,9-13,15,19H,3-6,8H2,1-2H3,(H,27,28)(H,31,32)/t11?,12?,14-,20-;11?,12?,14-,19-;11?,12?,15-,18-;12?,13?,15-,19-/m0000/s1. The van der Waals surface area contributed by atoms with Gasteiger partial charge in [0.05, 0.1) is 92.0 Å². The number of aromatic amines is 4. The van der Waals surface area contributed by atoms with Crippen molar-refractivity contribution in [3.63, 3.8) is 0 Å². The largest absolute Gasteiger partial charge is 0.481 e. The van der Waals surface area contributed by atoms with E-state index in [0.29, 0.717) is 86.2 Å². The lowest BCUT2D eigenvalue weighted by molar-refractivity contribution is -0.153. The molecule has 15 heterocycles. The van der Waals surface area contributed by atoms with Crippen LogP contribution in [0.1, 0.15) is 146 Å². The van der Waals surface area contributed by atoms with E-state index in [9.17, 15) is 65.9 Å². The number of rotatable bonds is 22. The highest BCUT2D eigenvalue weighted by Gasteiger charge is 2.52. The fourth-order valence-corrected chi connectivity index (χ4v) is 25.6. The van der Waals surface area contributed by atoms with Crippen LogP contribution in [0.25, 0.3) is 123 Å². The van der Waals surface area contributed by atoms with Gasteiger partial charge in [-0.2, -0.15) is 24.1 Å². The first kappa shape index (κ1) is 94.5. The van der Waals surface area contributed by atoms with Crippen molar-refractivity contribution in [3.05, 3.63) is 178 Å². The number of nitrogens with one attached hydrogen (secondary N) is 4. The summed E-state index contributed by atoms with van der Waals surface area (Å²) in [6, 6.07) is 9.81. The van der Waals surface area contributed by atoms with E-state index >= 15 is 17.6 Å². The summed E-state index contributed by atoms with van der Waals surface area (Å²) in [6.07, 6.45) is 28.7. The Morgan fingerprint density at radius 2 is 0.829 bits per heavy atom. The number of pyridine rings is 4. The number of carboxylic acids is 4. The van der Waals surface area contributed by atoms with E-state index in [1.807, 2.05) is 13.8 Å². The first-order valence-corrected chi connectivity index (χ1v) is 48.8. The van der Waals surface area contributed by atoms with Gasteiger partial charge in [0.15, 0.2) is 52.2 Å². The normalized spacial score (nSPS) is 23.8. The van der Waals surface area contributed by atoms with Crippen molar-refractivity contribution in [1.82, 2.24) is 105 Å². The third kappa shape index (κ3) is 18.5. The predicted molar refractivity (Wildman–Crippen MR) is 495 cm³/mol. The van der Waals surface area contributed by atoms with Gasteiger partial charge in [-0.1, -0.05) is 25.4 Å². The number of aromatic nitrogens is 21. The number of thioether (sulfide) groups is 1. The molecule has 15 aromatic heterocycles. The molecule has 12 saturated carbocycles. The summed E-state index contributed by atoms with van der Waals surface area (Å²) in [7, 11) is 1.72. The van der Waals surface area contributed by atoms with Crippen molar-refractivity contribution in [3.8, 4) is 78.9 Å². The number of aryl methyl sites for hydroxylation is 1. The first-order valence-electron chi connectivity index (χ1n) is 46.7. The van der Waals surface area contributed by atoms with Crippen molar-refractivity contribution < 1.29 is 83.5 Å². The molecule has 12 fully saturated rings. The summed E-state index contributed by atoms with van der Waals surface area (Å²) < 4.78 is 148. The number of thiophene rings is 1. The summed E-state index contributed by atoms with van der Waals surface area (Å²) in [6.45, 7) is 0.989. The van der Waals surface area contributed by atoms with Crippen molar-refractivity contribution in [2.75, 3.05) is 0 Å². The number of hydrogen-bond donors (Lipinski definition) is 8. The van der Waals surface area contributed by atoms with Gasteiger partial charge in [-0.05, 0) is 242 Å². The molecule has 0 aromatic carbocycles. The highest BCUT2D eigenvalue weighted by atomic mass is 35.5. The summed E-state index contributed by atoms with van der Waals surface area (Å²) in [5.41, 5.74) is 4.08. The molecule has 0 spiro atoms. The number of alkyl halides is 2. The summed E-state index contributed by atoms with van der Waals surface area (Å²) >= 11 is 8.62. The van der Waals surface area contributed by atoms with Gasteiger partial charge in [0.1, 0.15) is 73.7 Å². The second-order valence-electron chi connectivity index (χ2n) is 38.2. The Kier molecular flexibility index (Phi) is 26.2. The zero-order chi connectivity index (χ0) is 97.7. The molecule has 27 rings (SSSR count). The van der Waals surface area contributed by atoms with Crippen LogP contribution < -0.4 is 0 Å². The van der Waals surface area contributed by atoms with Crippen molar-refractivity contribution >= 4 is 103 Å². The van der Waals surface area contributed by atoms with Gasteiger partial charge in [0.25, 0.3) is 0 Å². The smallest absolute Gasteiger partial charge is 0.333 e. The molecule has 0 aliphatic heterocycles. The van der Waals surface area contributed by atoms with Crippen molar-refractivity contribution in [2.24, 2.45) is 102 Å². The second kappa shape index (κ2) is 38.9. The van der Waals surface area contributed by atoms with Crippen LogP contribution in [0.4, 0.5) is 43.9 Å². The highest BCUT2D eigenvalue weighted by Crippen LogP contribution is 2.56. The number of H-pyrrole nitrogens is 4. The predicted octanol–water partition coefficient (Wildman–Crippen LogP) is 20.8. The zero-order valence-electron chi connectivity index (χ0n) is 75.3. The first-order chi connectivity index (χ1) is 67.4. The van der Waals surface area contributed by atoms with E-state index in [1.54, 1.807) is 42.5 Å². The van der Waals surface area contributed by atoms with Crippen LogP contribution in [-0.2, 0) is 51.9 Å². The Balaban J connectivity index is 0.000000115. The number of halogens is 11. The fraction of sp³-hybridized carbons (Fsp3) is 0.418. The van der Waals surface area contributed by atoms with Crippen LogP contribution >= 0.6 is 34.7 Å². The molecule has 15 aromatic rings. The lowest BCUT2D eigenvalue weighted by Crippen LogP contribution is -2.45. The van der Waals surface area contributed by atoms with Crippen molar-refractivity contribution in [1.29, 1.82) is 0 Å². The van der Waals surface area contributed by atoms with Gasteiger partial charge in [0.2, 0.25) is 0 Å². The lowest BCUT2D eigenvalue weighted by Gasteiger charge is -2.46. The molecule has 726 valence electrons. The molecular formula is C98H92ClF10N21O8S2. The van der Waals surface area contributed by atoms with E-state index in [-0.39, 0.29) is 176 Å². The van der Waals surface area contributed by atoms with Gasteiger partial charge < -0.3 is 35.4 Å². The molecule has 12 aliphatic carbocycles. The maximum absolute atomic E-state index is 15.9. The second-order valence-corrected chi connectivity index (χ2v) is 41.5. The number of nitrogens with zero attached hydrogens (tertiary/aromatic N) is 17. The topological polar surface area (TPSA) is 416 Å². The molecule has 0 unspecified atom stereocenters. The van der Waals surface area contributed by atoms with Crippen LogP contribution in [0.5, 0.6) is 0 Å². The molecule has 0 amide bonds. The summed E-state index contributed by atoms with van der Waals surface area (Å²) in [5, 5.41) is 56.7. The van der Waals surface area contributed by atoms with Crippen molar-refractivity contribution in [2.45, 2.75) is 159 Å². The van der Waals surface area contributed by atoms with Crippen LogP contribution in [-0.4, -0.2) is 154 Å². The monoisotopic (exact) mass is 1980 g/mol. The Bertz CT molecular complexity index is 7070. The minimum Gasteiger partial charge on any atom is -0.481 e. The average molecular weight is 1980 g/mol. The van der Waals surface area contributed by atoms with Crippen LogP contribution in [0.2, 0.25) is 4.34 Å². The Morgan fingerprint density at radius 1 is 0.457 bits per heavy atom. The summed E-state index contributed by atoms with van der Waals surface area (Å²) in [4.78, 5) is 110. The van der Waals surface area contributed by atoms with E-state index in [4.69, 9.17) is 11.6 Å². The lowest BCUT2D eigenvalue weighted by atomic mass is 9.57. The van der Waals surface area contributed by atoms with Gasteiger partial charge in [0, 0.05) is 81.7 Å². The van der Waals surface area contributed by atoms with Crippen LogP contribution in [0, 0.1) is 141 Å². The van der Waals surface area contributed by atoms with E-state index < -0.39 is 101 Å². The third-order valence-corrected chi connectivity index (χ3v) is 32.3. The molecule has 8 bridgehead atoms. The number of aliphatic carboxylic acids is 4. The van der Waals surface area contributed by atoms with Crippen LogP contribution in [0.3, 0.4) is 0 Å². The zero-order valence-corrected chi connectivity index (χ0v) is 77.7. The number of fused-ring (bicyclic) bond motifs is 16. The van der Waals surface area contributed by atoms with Gasteiger partial charge in [-0.25, -0.2) is 99.6 Å². The Hall–Kier alpha value is -13.1. The van der Waals surface area contributed by atoms with Gasteiger partial charge in [-0.3, -0.25) is 29.0 Å². The van der Waals surface area contributed by atoms with Crippen LogP contribution in [0.15, 0.2) is 109 Å². The minimum atomic E-state index is -2.92. The molecule has 12 aliphatic rings. The molecule has 0 radical (unpaired) electrons. The number of hydrogen-bond acceptors (Lipinski definition) is 21. The van der Waals surface area contributed by atoms with E-state index in [0.717, 1.165) is 134 Å². The average Bonchev–Trinajstić information content (AvgIpc) is 1.70. The molecule has 29 nitrogen and oxygen atoms in total. The van der Waals surface area contributed by atoms with E-state index in [1.165, 1.54) is 65.8 Å². The van der Waals surface area contributed by atoms with Gasteiger partial charge >= 0.3 is 30.4 Å². The fourth-order valence-electron chi connectivity index (χ4n) is 23.8. The Labute approximate surface area is 804 Å². The molecule has 0 saturated heterocycles. The molecule has 8 N–H and O–H groups in total. The molecule has 8 atom stereocenters. The quantitative estimate of drug-likeness (QED) is 0.0177. The molecular weight excluding hydrogens is 1890 g/mol. The highest BCUT2D eigenvalue weighted by molar-refractivity contribution is 7.99. The third-order valence-electron chi connectivity index (χ3n) is 30.1. The maximum atomic E-state index is 15.9. The number of carboxylic acid groups (broad SMARTS) is 4. The van der Waals surface area contributed by atoms with Gasteiger partial charge in [-0.15, -0.1) is 23.1 Å². The minimum absolute atomic E-state index is 0.0193. The Morgan fingerprint density at radius 3 is 1.21 bits per heavy atom. The SMILES string of the molecule is CC(C)Sc1nc(-c2c[nH]c3ncc(F)cc23)nc(C[C@H]2C3CCC(CC3)[C@@H]2C(=O)O)c1F.Cn1cc(-c2nc(-c3[nH]nc4ncc(F)cc34)nc(C[C@H]3C4CCC(CC4)[C@@H]3C(=O)O)c2F)cn1.O=C(O)[C@H]1C2CCC(CC2)[C@@H]1Cc1nc(-c2c[nH]c3ncc(F)cc23)nc(-c2ccc(Cl)s2)c1F.O=C(O)[C@H]1C2CCC(CC2)[C@@H]1Cc1nc(-c2c[nH]c3ncc(F)cc23)nc(-c2ccn(C(F)F)n2)c1F. The van der Waals surface area contributed by atoms with E-state index in [2.05, 4.69) is 95.2 Å². The maximum Gasteiger partial charge on any atom is 0.333 e. The molecule has 140 heavy (non-hydrogen) atoms. The summed E-state index contributed by atoms with van der Waals surface area (Å²) in [5.74, 6) is -9.00.